The highest BCUT2D eigenvalue weighted by atomic mass is 16.2. The molecule has 1 heterocycles. The second kappa shape index (κ2) is 6.04. The second-order valence-electron chi connectivity index (χ2n) is 4.70. The van der Waals surface area contributed by atoms with Gasteiger partial charge in [-0.3, -0.25) is 14.6 Å². The number of primary amides is 1. The van der Waals surface area contributed by atoms with E-state index in [1.54, 1.807) is 6.07 Å². The summed E-state index contributed by atoms with van der Waals surface area (Å²) in [6.07, 6.45) is 1.32. The molecule has 3 N–H and O–H groups in total. The van der Waals surface area contributed by atoms with E-state index in [2.05, 4.69) is 10.3 Å². The number of carbonyl (C=O) groups is 2. The maximum atomic E-state index is 12.1. The van der Waals surface area contributed by atoms with Gasteiger partial charge in [-0.2, -0.15) is 0 Å². The Morgan fingerprint density at radius 3 is 2.52 bits per heavy atom. The summed E-state index contributed by atoms with van der Waals surface area (Å²) in [4.78, 5) is 28.8. The van der Waals surface area contributed by atoms with E-state index < -0.39 is 5.91 Å². The van der Waals surface area contributed by atoms with Crippen LogP contribution in [0.3, 0.4) is 0 Å². The first-order chi connectivity index (χ1) is 9.97. The molecule has 0 atom stereocenters. The van der Waals surface area contributed by atoms with Crippen LogP contribution in [0.4, 0.5) is 11.4 Å². The van der Waals surface area contributed by atoms with Gasteiger partial charge in [-0.15, -0.1) is 0 Å². The van der Waals surface area contributed by atoms with Gasteiger partial charge in [0.25, 0.3) is 11.8 Å². The number of hydrogen-bond acceptors (Lipinski definition) is 4. The zero-order valence-electron chi connectivity index (χ0n) is 11.8. The number of anilines is 2. The molecule has 0 aliphatic rings. The molecule has 0 aliphatic heterocycles. The number of pyridine rings is 1. The Balaban J connectivity index is 2.14. The van der Waals surface area contributed by atoms with E-state index in [1.165, 1.54) is 18.3 Å². The molecule has 0 aliphatic carbocycles. The Morgan fingerprint density at radius 2 is 1.95 bits per heavy atom. The van der Waals surface area contributed by atoms with E-state index >= 15 is 0 Å². The summed E-state index contributed by atoms with van der Waals surface area (Å²) >= 11 is 0. The number of carbonyl (C=O) groups excluding carboxylic acids is 2. The van der Waals surface area contributed by atoms with Gasteiger partial charge in [0.15, 0.2) is 0 Å². The zero-order chi connectivity index (χ0) is 15.4. The van der Waals surface area contributed by atoms with Crippen LogP contribution in [0, 0.1) is 0 Å². The van der Waals surface area contributed by atoms with Crippen LogP contribution in [-0.4, -0.2) is 30.9 Å². The minimum absolute atomic E-state index is 0.126. The van der Waals surface area contributed by atoms with E-state index in [9.17, 15) is 9.59 Å². The van der Waals surface area contributed by atoms with Crippen LogP contribution in [0.2, 0.25) is 0 Å². The molecule has 0 bridgehead atoms. The maximum Gasteiger partial charge on any atom is 0.267 e. The van der Waals surface area contributed by atoms with Gasteiger partial charge in [-0.1, -0.05) is 6.07 Å². The average Bonchev–Trinajstić information content (AvgIpc) is 2.47. The van der Waals surface area contributed by atoms with Crippen molar-refractivity contribution in [2.45, 2.75) is 0 Å². The van der Waals surface area contributed by atoms with Gasteiger partial charge in [-0.05, 0) is 30.3 Å². The summed E-state index contributed by atoms with van der Waals surface area (Å²) in [7, 11) is 3.85. The predicted molar refractivity (Wildman–Crippen MR) is 81.5 cm³/mol. The fraction of sp³-hybridized carbons (Fsp3) is 0.133. The third-order valence-electron chi connectivity index (χ3n) is 2.90. The first-order valence-electron chi connectivity index (χ1n) is 6.32. The SMILES string of the molecule is CN(C)c1cccc(NC(=O)c2ccc(C(N)=O)nc2)c1. The Bertz CT molecular complexity index is 666. The number of aromatic nitrogens is 1. The first kappa shape index (κ1) is 14.5. The van der Waals surface area contributed by atoms with Crippen molar-refractivity contribution < 1.29 is 9.59 Å². The quantitative estimate of drug-likeness (QED) is 0.890. The number of hydrogen-bond donors (Lipinski definition) is 2. The molecule has 0 fully saturated rings. The number of benzene rings is 1. The normalized spacial score (nSPS) is 10.0. The minimum atomic E-state index is -0.624. The van der Waals surface area contributed by atoms with Crippen molar-refractivity contribution in [3.63, 3.8) is 0 Å². The van der Waals surface area contributed by atoms with Crippen molar-refractivity contribution in [2.24, 2.45) is 5.73 Å². The van der Waals surface area contributed by atoms with Crippen molar-refractivity contribution in [1.29, 1.82) is 0 Å². The Morgan fingerprint density at radius 1 is 1.19 bits per heavy atom. The van der Waals surface area contributed by atoms with E-state index in [0.29, 0.717) is 11.3 Å². The summed E-state index contributed by atoms with van der Waals surface area (Å²) < 4.78 is 0. The molecule has 0 saturated heterocycles. The smallest absolute Gasteiger partial charge is 0.267 e. The molecule has 2 aromatic rings. The molecule has 21 heavy (non-hydrogen) atoms. The standard InChI is InChI=1S/C15H16N4O2/c1-19(2)12-5-3-4-11(8-12)18-15(21)10-6-7-13(14(16)20)17-9-10/h3-9H,1-2H3,(H2,16,20)(H,18,21). The number of rotatable bonds is 4. The lowest BCUT2D eigenvalue weighted by Crippen LogP contribution is -2.16. The Labute approximate surface area is 122 Å². The first-order valence-corrected chi connectivity index (χ1v) is 6.32. The van der Waals surface area contributed by atoms with Gasteiger partial charge in [0.05, 0.1) is 5.56 Å². The average molecular weight is 284 g/mol. The summed E-state index contributed by atoms with van der Waals surface area (Å²) in [6.45, 7) is 0. The molecular formula is C15H16N4O2. The third kappa shape index (κ3) is 3.56. The van der Waals surface area contributed by atoms with Gasteiger partial charge < -0.3 is 16.0 Å². The highest BCUT2D eigenvalue weighted by Gasteiger charge is 2.09. The van der Waals surface area contributed by atoms with Gasteiger partial charge in [0.2, 0.25) is 0 Å². The number of nitrogens with one attached hydrogen (secondary N) is 1. The molecule has 0 spiro atoms. The molecule has 1 aromatic heterocycles. The van der Waals surface area contributed by atoms with Crippen LogP contribution in [0.1, 0.15) is 20.8 Å². The molecule has 2 rings (SSSR count). The van der Waals surface area contributed by atoms with Gasteiger partial charge >= 0.3 is 0 Å². The summed E-state index contributed by atoms with van der Waals surface area (Å²) in [5, 5.41) is 2.78. The van der Waals surface area contributed by atoms with Crippen LogP contribution in [0.15, 0.2) is 42.6 Å². The molecule has 1 aromatic carbocycles. The molecule has 6 nitrogen and oxygen atoms in total. The monoisotopic (exact) mass is 284 g/mol. The van der Waals surface area contributed by atoms with Gasteiger partial charge in [0.1, 0.15) is 5.69 Å². The van der Waals surface area contributed by atoms with Crippen molar-refractivity contribution in [3.05, 3.63) is 53.9 Å². The molecule has 108 valence electrons. The molecule has 0 radical (unpaired) electrons. The predicted octanol–water partition coefficient (Wildman–Crippen LogP) is 1.50. The van der Waals surface area contributed by atoms with Gasteiger partial charge in [-0.25, -0.2) is 0 Å². The molecule has 2 amide bonds. The lowest BCUT2D eigenvalue weighted by atomic mass is 10.2. The van der Waals surface area contributed by atoms with Crippen LogP contribution >= 0.6 is 0 Å². The van der Waals surface area contributed by atoms with Crippen molar-refractivity contribution in [3.8, 4) is 0 Å². The number of nitrogens with zero attached hydrogens (tertiary/aromatic N) is 2. The fourth-order valence-electron chi connectivity index (χ4n) is 1.74. The Kier molecular flexibility index (Phi) is 4.18. The largest absolute Gasteiger partial charge is 0.378 e. The minimum Gasteiger partial charge on any atom is -0.378 e. The third-order valence-corrected chi connectivity index (χ3v) is 2.90. The van der Waals surface area contributed by atoms with E-state index in [-0.39, 0.29) is 11.6 Å². The van der Waals surface area contributed by atoms with Crippen molar-refractivity contribution in [2.75, 3.05) is 24.3 Å². The van der Waals surface area contributed by atoms with Crippen LogP contribution < -0.4 is 16.0 Å². The van der Waals surface area contributed by atoms with Crippen LogP contribution in [-0.2, 0) is 0 Å². The van der Waals surface area contributed by atoms with Crippen molar-refractivity contribution in [1.82, 2.24) is 4.98 Å². The summed E-state index contributed by atoms with van der Waals surface area (Å²) in [5.74, 6) is -0.921. The number of nitrogens with two attached hydrogens (primary N) is 1. The van der Waals surface area contributed by atoms with Crippen molar-refractivity contribution >= 4 is 23.2 Å². The van der Waals surface area contributed by atoms with E-state index in [4.69, 9.17) is 5.73 Å². The highest BCUT2D eigenvalue weighted by molar-refractivity contribution is 6.04. The van der Waals surface area contributed by atoms with E-state index in [1.807, 2.05) is 37.2 Å². The Hall–Kier alpha value is -2.89. The maximum absolute atomic E-state index is 12.1. The lowest BCUT2D eigenvalue weighted by molar-refractivity contribution is 0.0990. The van der Waals surface area contributed by atoms with Crippen LogP contribution in [0.5, 0.6) is 0 Å². The molecule has 0 saturated carbocycles. The lowest BCUT2D eigenvalue weighted by Gasteiger charge is -2.14. The number of amides is 2. The van der Waals surface area contributed by atoms with Gasteiger partial charge in [0, 0.05) is 31.7 Å². The molecule has 6 heteroatoms. The summed E-state index contributed by atoms with van der Waals surface area (Å²) in [5.41, 5.74) is 7.25. The second-order valence-corrected chi connectivity index (χ2v) is 4.70. The van der Waals surface area contributed by atoms with E-state index in [0.717, 1.165) is 5.69 Å². The fourth-order valence-corrected chi connectivity index (χ4v) is 1.74. The highest BCUT2D eigenvalue weighted by Crippen LogP contribution is 2.18. The topological polar surface area (TPSA) is 88.3 Å². The zero-order valence-corrected chi connectivity index (χ0v) is 11.8. The molecule has 0 unspecified atom stereocenters. The molecular weight excluding hydrogens is 268 g/mol. The summed E-state index contributed by atoms with van der Waals surface area (Å²) in [6, 6.07) is 10.4. The van der Waals surface area contributed by atoms with Crippen LogP contribution in [0.25, 0.3) is 0 Å².